The fourth-order valence-electron chi connectivity index (χ4n) is 2.25. The molecule has 0 fully saturated rings. The van der Waals surface area contributed by atoms with Gasteiger partial charge in [-0.15, -0.1) is 11.3 Å². The summed E-state index contributed by atoms with van der Waals surface area (Å²) in [5.74, 6) is 0.999. The molecule has 2 nitrogen and oxygen atoms in total. The van der Waals surface area contributed by atoms with Crippen molar-refractivity contribution in [1.29, 1.82) is 0 Å². The Morgan fingerprint density at radius 3 is 2.95 bits per heavy atom. The molecule has 1 N–H and O–H groups in total. The Labute approximate surface area is 133 Å². The Bertz CT molecular complexity index is 585. The summed E-state index contributed by atoms with van der Waals surface area (Å²) in [6.07, 6.45) is 1.01. The molecule has 1 aliphatic heterocycles. The summed E-state index contributed by atoms with van der Waals surface area (Å²) >= 11 is 8.79. The third kappa shape index (κ3) is 3.21. The second-order valence-electron chi connectivity index (χ2n) is 4.48. The highest BCUT2D eigenvalue weighted by Crippen LogP contribution is 2.34. The fraction of sp³-hybridized carbons (Fsp3) is 0.286. The van der Waals surface area contributed by atoms with E-state index in [1.54, 1.807) is 11.3 Å². The van der Waals surface area contributed by atoms with Crippen LogP contribution in [0.4, 0.5) is 0 Å². The topological polar surface area (TPSA) is 21.3 Å². The molecular formula is C14H13Br2NOS. The first-order chi connectivity index (χ1) is 9.22. The minimum absolute atomic E-state index is 0.363. The number of hydrogen-bond acceptors (Lipinski definition) is 3. The second kappa shape index (κ2) is 5.95. The van der Waals surface area contributed by atoms with Crippen LogP contribution in [0, 0.1) is 0 Å². The molecule has 0 amide bonds. The van der Waals surface area contributed by atoms with Crippen molar-refractivity contribution in [3.8, 4) is 5.75 Å². The highest BCUT2D eigenvalue weighted by Gasteiger charge is 2.21. The summed E-state index contributed by atoms with van der Waals surface area (Å²) in [6, 6.07) is 8.74. The second-order valence-corrected chi connectivity index (χ2v) is 7.31. The molecule has 0 spiro atoms. The predicted octanol–water partition coefficient (Wildman–Crippen LogP) is 4.89. The summed E-state index contributed by atoms with van der Waals surface area (Å²) in [6.45, 7) is 1.67. The van der Waals surface area contributed by atoms with Gasteiger partial charge in [0.1, 0.15) is 5.75 Å². The van der Waals surface area contributed by atoms with Gasteiger partial charge in [0.2, 0.25) is 0 Å². The Kier molecular flexibility index (Phi) is 4.27. The van der Waals surface area contributed by atoms with Crippen LogP contribution in [0.25, 0.3) is 0 Å². The van der Waals surface area contributed by atoms with E-state index in [1.807, 2.05) is 12.1 Å². The summed E-state index contributed by atoms with van der Waals surface area (Å²) in [5.41, 5.74) is 1.25. The molecule has 0 bridgehead atoms. The van der Waals surface area contributed by atoms with Crippen molar-refractivity contribution < 1.29 is 4.74 Å². The van der Waals surface area contributed by atoms with Gasteiger partial charge in [0.05, 0.1) is 6.61 Å². The largest absolute Gasteiger partial charge is 0.493 e. The number of hydrogen-bond donors (Lipinski definition) is 1. The van der Waals surface area contributed by atoms with Gasteiger partial charge in [0.15, 0.2) is 0 Å². The Morgan fingerprint density at radius 1 is 1.26 bits per heavy atom. The monoisotopic (exact) mass is 401 g/mol. The van der Waals surface area contributed by atoms with Gasteiger partial charge in [-0.05, 0) is 40.2 Å². The molecule has 0 saturated heterocycles. The zero-order valence-corrected chi connectivity index (χ0v) is 14.1. The van der Waals surface area contributed by atoms with Gasteiger partial charge in [-0.1, -0.05) is 15.9 Å². The highest BCUT2D eigenvalue weighted by atomic mass is 79.9. The first-order valence-electron chi connectivity index (χ1n) is 6.11. The summed E-state index contributed by atoms with van der Waals surface area (Å²) in [4.78, 5) is 1.34. The smallest absolute Gasteiger partial charge is 0.124 e. The molecule has 1 aromatic carbocycles. The number of benzene rings is 1. The maximum absolute atomic E-state index is 5.70. The van der Waals surface area contributed by atoms with E-state index in [0.29, 0.717) is 6.04 Å². The van der Waals surface area contributed by atoms with Crippen molar-refractivity contribution in [2.45, 2.75) is 19.0 Å². The first-order valence-corrected chi connectivity index (χ1v) is 8.57. The SMILES string of the molecule is Brc1csc(CNC2CCOc3ccc(Br)cc32)c1. The van der Waals surface area contributed by atoms with Crippen LogP contribution in [0.1, 0.15) is 22.9 Å². The molecule has 2 aromatic rings. The third-order valence-electron chi connectivity index (χ3n) is 3.16. The molecule has 1 atom stereocenters. The number of ether oxygens (including phenoxy) is 1. The lowest BCUT2D eigenvalue weighted by molar-refractivity contribution is 0.252. The molecular weight excluding hydrogens is 390 g/mol. The van der Waals surface area contributed by atoms with E-state index in [0.717, 1.165) is 34.3 Å². The summed E-state index contributed by atoms with van der Waals surface area (Å²) in [5, 5.41) is 5.74. The van der Waals surface area contributed by atoms with Crippen LogP contribution >= 0.6 is 43.2 Å². The van der Waals surface area contributed by atoms with Crippen LogP contribution in [-0.4, -0.2) is 6.61 Å². The molecule has 1 aromatic heterocycles. The number of fused-ring (bicyclic) bond motifs is 1. The molecule has 0 aliphatic carbocycles. The van der Waals surface area contributed by atoms with E-state index in [2.05, 4.69) is 54.7 Å². The van der Waals surface area contributed by atoms with E-state index in [1.165, 1.54) is 10.4 Å². The van der Waals surface area contributed by atoms with Crippen LogP contribution in [0.5, 0.6) is 5.75 Å². The third-order valence-corrected chi connectivity index (χ3v) is 5.35. The Hall–Kier alpha value is -0.360. The maximum atomic E-state index is 5.70. The molecule has 2 heterocycles. The zero-order chi connectivity index (χ0) is 13.2. The molecule has 100 valence electrons. The van der Waals surface area contributed by atoms with Gasteiger partial charge in [0, 0.05) is 43.8 Å². The van der Waals surface area contributed by atoms with Gasteiger partial charge in [-0.25, -0.2) is 0 Å². The molecule has 3 rings (SSSR count). The predicted molar refractivity (Wildman–Crippen MR) is 85.9 cm³/mol. The molecule has 1 unspecified atom stereocenters. The molecule has 19 heavy (non-hydrogen) atoms. The number of rotatable bonds is 3. The van der Waals surface area contributed by atoms with E-state index < -0.39 is 0 Å². The lowest BCUT2D eigenvalue weighted by Gasteiger charge is -2.27. The number of thiophene rings is 1. The lowest BCUT2D eigenvalue weighted by atomic mass is 10.0. The fourth-order valence-corrected chi connectivity index (χ4v) is 4.03. The van der Waals surface area contributed by atoms with Crippen LogP contribution in [0.3, 0.4) is 0 Å². The van der Waals surface area contributed by atoms with Crippen molar-refractivity contribution >= 4 is 43.2 Å². The average molecular weight is 403 g/mol. The Balaban J connectivity index is 1.74. The maximum Gasteiger partial charge on any atom is 0.124 e. The van der Waals surface area contributed by atoms with Gasteiger partial charge in [-0.2, -0.15) is 0 Å². The van der Waals surface area contributed by atoms with Crippen molar-refractivity contribution in [3.05, 3.63) is 49.0 Å². The highest BCUT2D eigenvalue weighted by molar-refractivity contribution is 9.10. The lowest BCUT2D eigenvalue weighted by Crippen LogP contribution is -2.26. The normalized spacial score (nSPS) is 17.9. The summed E-state index contributed by atoms with van der Waals surface area (Å²) in [7, 11) is 0. The van der Waals surface area contributed by atoms with Crippen LogP contribution in [-0.2, 0) is 6.54 Å². The molecule has 0 radical (unpaired) electrons. The van der Waals surface area contributed by atoms with Crippen LogP contribution < -0.4 is 10.1 Å². The summed E-state index contributed by atoms with van der Waals surface area (Å²) < 4.78 is 7.96. The van der Waals surface area contributed by atoms with Crippen molar-refractivity contribution in [1.82, 2.24) is 5.32 Å². The van der Waals surface area contributed by atoms with Crippen LogP contribution in [0.15, 0.2) is 38.6 Å². The zero-order valence-electron chi connectivity index (χ0n) is 10.2. The number of halogens is 2. The minimum Gasteiger partial charge on any atom is -0.493 e. The van der Waals surface area contributed by atoms with Crippen molar-refractivity contribution in [2.24, 2.45) is 0 Å². The van der Waals surface area contributed by atoms with E-state index in [9.17, 15) is 0 Å². The average Bonchev–Trinajstić information content (AvgIpc) is 2.82. The first kappa shape index (κ1) is 13.6. The Morgan fingerprint density at radius 2 is 2.16 bits per heavy atom. The van der Waals surface area contributed by atoms with Gasteiger partial charge < -0.3 is 10.1 Å². The van der Waals surface area contributed by atoms with Crippen LogP contribution in [0.2, 0.25) is 0 Å². The molecule has 1 aliphatic rings. The van der Waals surface area contributed by atoms with Crippen molar-refractivity contribution in [2.75, 3.05) is 6.61 Å². The van der Waals surface area contributed by atoms with Crippen molar-refractivity contribution in [3.63, 3.8) is 0 Å². The van der Waals surface area contributed by atoms with E-state index >= 15 is 0 Å². The quantitative estimate of drug-likeness (QED) is 0.789. The van der Waals surface area contributed by atoms with E-state index in [-0.39, 0.29) is 0 Å². The molecule has 5 heteroatoms. The van der Waals surface area contributed by atoms with Gasteiger partial charge in [-0.3, -0.25) is 0 Å². The standard InChI is InChI=1S/C14H13Br2NOS/c15-9-1-2-14-12(6-9)13(3-4-18-14)17-7-11-5-10(16)8-19-11/h1-2,5-6,8,13,17H,3-4,7H2. The molecule has 0 saturated carbocycles. The van der Waals surface area contributed by atoms with Gasteiger partial charge >= 0.3 is 0 Å². The number of nitrogens with one attached hydrogen (secondary N) is 1. The van der Waals surface area contributed by atoms with Gasteiger partial charge in [0.25, 0.3) is 0 Å². The minimum atomic E-state index is 0.363. The van der Waals surface area contributed by atoms with E-state index in [4.69, 9.17) is 4.74 Å².